The lowest BCUT2D eigenvalue weighted by Gasteiger charge is -2.26. The zero-order valence-corrected chi connectivity index (χ0v) is 15.6. The monoisotopic (exact) mass is 376 g/mol. The van der Waals surface area contributed by atoms with E-state index in [2.05, 4.69) is 15.5 Å². The van der Waals surface area contributed by atoms with Crippen LogP contribution in [0.1, 0.15) is 29.9 Å². The van der Waals surface area contributed by atoms with E-state index in [1.54, 1.807) is 36.1 Å². The Morgan fingerprint density at radius 1 is 1.14 bits per heavy atom. The van der Waals surface area contributed by atoms with Crippen molar-refractivity contribution >= 4 is 28.3 Å². The molecule has 7 nitrogen and oxygen atoms in total. The minimum atomic E-state index is -0.742. The molecule has 1 aliphatic heterocycles. The van der Waals surface area contributed by atoms with Gasteiger partial charge in [-0.2, -0.15) is 5.10 Å². The van der Waals surface area contributed by atoms with Gasteiger partial charge >= 0.3 is 0 Å². The summed E-state index contributed by atoms with van der Waals surface area (Å²) in [7, 11) is 0. The average molecular weight is 376 g/mol. The number of aromatic nitrogens is 2. The molecule has 0 aliphatic carbocycles. The van der Waals surface area contributed by atoms with Crippen molar-refractivity contribution in [2.45, 2.75) is 32.4 Å². The van der Waals surface area contributed by atoms with Crippen LogP contribution in [0.2, 0.25) is 0 Å². The van der Waals surface area contributed by atoms with Crippen molar-refractivity contribution in [2.75, 3.05) is 4.90 Å². The molecule has 2 amide bonds. The zero-order chi connectivity index (χ0) is 19.8. The fraction of sp³-hybridized carbons (Fsp3) is 0.238. The standard InChI is InChI=1S/C21H20N4O3/c1-12-11-14-7-3-6-10-17(14)25(12)21(28)13(2)22-20(27)18-15-8-4-5-9-16(15)19(26)24-23-18/h3-10,12-13H,11H2,1-2H3,(H,22,27)(H,24,26). The molecule has 2 unspecified atom stereocenters. The highest BCUT2D eigenvalue weighted by Crippen LogP contribution is 2.32. The number of nitrogens with zero attached hydrogens (tertiary/aromatic N) is 2. The molecule has 4 rings (SSSR count). The summed E-state index contributed by atoms with van der Waals surface area (Å²) in [6.45, 7) is 3.64. The van der Waals surface area contributed by atoms with Gasteiger partial charge in [0.1, 0.15) is 6.04 Å². The summed E-state index contributed by atoms with van der Waals surface area (Å²) in [5.41, 5.74) is 1.73. The maximum absolute atomic E-state index is 13.0. The second-order valence-electron chi connectivity index (χ2n) is 7.03. The van der Waals surface area contributed by atoms with Gasteiger partial charge in [0.25, 0.3) is 11.5 Å². The molecule has 2 atom stereocenters. The summed E-state index contributed by atoms with van der Waals surface area (Å²) in [5.74, 6) is -0.687. The van der Waals surface area contributed by atoms with Gasteiger partial charge in [-0.05, 0) is 38.0 Å². The summed E-state index contributed by atoms with van der Waals surface area (Å²) in [6.07, 6.45) is 0.786. The zero-order valence-electron chi connectivity index (χ0n) is 15.6. The summed E-state index contributed by atoms with van der Waals surface area (Å²) in [4.78, 5) is 39.4. The lowest BCUT2D eigenvalue weighted by molar-refractivity contribution is -0.120. The fourth-order valence-electron chi connectivity index (χ4n) is 3.72. The van der Waals surface area contributed by atoms with Gasteiger partial charge in [-0.25, -0.2) is 5.10 Å². The first-order valence-corrected chi connectivity index (χ1v) is 9.16. The molecule has 1 aliphatic rings. The van der Waals surface area contributed by atoms with Crippen LogP contribution in [0.3, 0.4) is 0 Å². The van der Waals surface area contributed by atoms with E-state index < -0.39 is 11.9 Å². The lowest BCUT2D eigenvalue weighted by Crippen LogP contribution is -2.49. The summed E-state index contributed by atoms with van der Waals surface area (Å²) < 4.78 is 0. The van der Waals surface area contributed by atoms with Gasteiger partial charge in [0, 0.05) is 17.1 Å². The lowest BCUT2D eigenvalue weighted by atomic mass is 10.1. The Kier molecular flexibility index (Phi) is 4.43. The molecule has 0 radical (unpaired) electrons. The van der Waals surface area contributed by atoms with E-state index in [0.717, 1.165) is 17.7 Å². The Bertz CT molecular complexity index is 1140. The van der Waals surface area contributed by atoms with Crippen molar-refractivity contribution in [3.63, 3.8) is 0 Å². The quantitative estimate of drug-likeness (QED) is 0.731. The van der Waals surface area contributed by atoms with Crippen LogP contribution in [0.15, 0.2) is 53.3 Å². The van der Waals surface area contributed by atoms with E-state index in [-0.39, 0.29) is 23.2 Å². The van der Waals surface area contributed by atoms with Crippen LogP contribution in [0.25, 0.3) is 10.8 Å². The molecule has 2 heterocycles. The third-order valence-electron chi connectivity index (χ3n) is 5.07. The van der Waals surface area contributed by atoms with Crippen LogP contribution < -0.4 is 15.8 Å². The van der Waals surface area contributed by atoms with Crippen molar-refractivity contribution in [3.05, 3.63) is 70.1 Å². The van der Waals surface area contributed by atoms with Gasteiger partial charge in [-0.15, -0.1) is 0 Å². The largest absolute Gasteiger partial charge is 0.339 e. The van der Waals surface area contributed by atoms with Crippen molar-refractivity contribution in [3.8, 4) is 0 Å². The number of para-hydroxylation sites is 1. The van der Waals surface area contributed by atoms with Crippen molar-refractivity contribution in [1.82, 2.24) is 15.5 Å². The number of anilines is 1. The van der Waals surface area contributed by atoms with Crippen LogP contribution in [0.4, 0.5) is 5.69 Å². The molecule has 0 bridgehead atoms. The van der Waals surface area contributed by atoms with E-state index in [4.69, 9.17) is 0 Å². The molecule has 2 aromatic carbocycles. The SMILES string of the molecule is CC(NC(=O)c1n[nH]c(=O)c2ccccc12)C(=O)N1c2ccccc2CC1C. The molecule has 0 saturated heterocycles. The molecule has 2 N–H and O–H groups in total. The number of aromatic amines is 1. The summed E-state index contributed by atoms with van der Waals surface area (Å²) in [5, 5.41) is 9.78. The number of benzene rings is 2. The molecule has 142 valence electrons. The highest BCUT2D eigenvalue weighted by molar-refractivity contribution is 6.07. The van der Waals surface area contributed by atoms with E-state index in [1.165, 1.54) is 0 Å². The Hall–Kier alpha value is -3.48. The minimum absolute atomic E-state index is 0.0243. The third-order valence-corrected chi connectivity index (χ3v) is 5.07. The van der Waals surface area contributed by atoms with Crippen LogP contribution in [-0.4, -0.2) is 34.1 Å². The number of hydrogen-bond donors (Lipinski definition) is 2. The van der Waals surface area contributed by atoms with E-state index in [9.17, 15) is 14.4 Å². The summed E-state index contributed by atoms with van der Waals surface area (Å²) in [6, 6.07) is 13.8. The van der Waals surface area contributed by atoms with Gasteiger partial charge in [-0.3, -0.25) is 14.4 Å². The Morgan fingerprint density at radius 2 is 1.82 bits per heavy atom. The summed E-state index contributed by atoms with van der Waals surface area (Å²) >= 11 is 0. The number of nitrogens with one attached hydrogen (secondary N) is 2. The smallest absolute Gasteiger partial charge is 0.273 e. The van der Waals surface area contributed by atoms with Gasteiger partial charge in [0.15, 0.2) is 5.69 Å². The maximum Gasteiger partial charge on any atom is 0.273 e. The molecule has 7 heteroatoms. The molecule has 0 saturated carbocycles. The highest BCUT2D eigenvalue weighted by atomic mass is 16.2. The van der Waals surface area contributed by atoms with E-state index in [0.29, 0.717) is 10.8 Å². The number of carbonyl (C=O) groups is 2. The maximum atomic E-state index is 13.0. The van der Waals surface area contributed by atoms with Gasteiger partial charge in [-0.1, -0.05) is 36.4 Å². The topological polar surface area (TPSA) is 95.2 Å². The minimum Gasteiger partial charge on any atom is -0.339 e. The Balaban J connectivity index is 1.58. The normalized spacial score (nSPS) is 16.6. The molecule has 0 spiro atoms. The molecular weight excluding hydrogens is 356 g/mol. The fourth-order valence-corrected chi connectivity index (χ4v) is 3.72. The van der Waals surface area contributed by atoms with Crippen LogP contribution in [-0.2, 0) is 11.2 Å². The number of rotatable bonds is 3. The first-order valence-electron chi connectivity index (χ1n) is 9.16. The molecule has 0 fully saturated rings. The predicted molar refractivity (Wildman–Crippen MR) is 106 cm³/mol. The average Bonchev–Trinajstić information content (AvgIpc) is 3.03. The first-order chi connectivity index (χ1) is 13.5. The second-order valence-corrected chi connectivity index (χ2v) is 7.03. The molecular formula is C21H20N4O3. The van der Waals surface area contributed by atoms with Gasteiger partial charge in [0.05, 0.1) is 5.39 Å². The van der Waals surface area contributed by atoms with Gasteiger partial charge in [0.2, 0.25) is 5.91 Å². The second kappa shape index (κ2) is 6.92. The predicted octanol–water partition coefficient (Wildman–Crippen LogP) is 2.02. The van der Waals surface area contributed by atoms with E-state index >= 15 is 0 Å². The Morgan fingerprint density at radius 3 is 2.61 bits per heavy atom. The number of fused-ring (bicyclic) bond motifs is 2. The Labute approximate surface area is 161 Å². The number of hydrogen-bond acceptors (Lipinski definition) is 4. The first kappa shape index (κ1) is 17.9. The van der Waals surface area contributed by atoms with Crippen molar-refractivity contribution in [2.24, 2.45) is 0 Å². The third kappa shape index (κ3) is 2.94. The van der Waals surface area contributed by atoms with Crippen LogP contribution in [0, 0.1) is 0 Å². The molecule has 1 aromatic heterocycles. The highest BCUT2D eigenvalue weighted by Gasteiger charge is 2.33. The molecule has 28 heavy (non-hydrogen) atoms. The molecule has 3 aromatic rings. The van der Waals surface area contributed by atoms with Crippen LogP contribution >= 0.6 is 0 Å². The number of carbonyl (C=O) groups excluding carboxylic acids is 2. The van der Waals surface area contributed by atoms with E-state index in [1.807, 2.05) is 31.2 Å². The van der Waals surface area contributed by atoms with Crippen molar-refractivity contribution < 1.29 is 9.59 Å². The van der Waals surface area contributed by atoms with Gasteiger partial charge < -0.3 is 10.2 Å². The van der Waals surface area contributed by atoms with Crippen LogP contribution in [0.5, 0.6) is 0 Å². The number of H-pyrrole nitrogens is 1. The van der Waals surface area contributed by atoms with Crippen molar-refractivity contribution in [1.29, 1.82) is 0 Å². The number of amides is 2.